The van der Waals surface area contributed by atoms with Crippen molar-refractivity contribution in [1.29, 1.82) is 0 Å². The number of nitrogens with one attached hydrogen (secondary N) is 1. The fourth-order valence-corrected chi connectivity index (χ4v) is 8.25. The number of fused-ring (bicyclic) bond motifs is 10. The van der Waals surface area contributed by atoms with Crippen molar-refractivity contribution in [2.24, 2.45) is 28.3 Å². The zero-order valence-electron chi connectivity index (χ0n) is 29.8. The molecule has 0 spiro atoms. The van der Waals surface area contributed by atoms with Crippen molar-refractivity contribution in [2.45, 2.75) is 135 Å². The first-order chi connectivity index (χ1) is 22.0. The topological polar surface area (TPSA) is 154 Å². The minimum absolute atomic E-state index is 0.0456. The second-order valence-corrected chi connectivity index (χ2v) is 15.0. The van der Waals surface area contributed by atoms with E-state index in [1.165, 1.54) is 13.3 Å². The Labute approximate surface area is 279 Å². The van der Waals surface area contributed by atoms with Crippen molar-refractivity contribution >= 4 is 23.9 Å². The number of ketones is 1. The number of Topliss-reactive ketones (excluding diaryl/α,β-unsaturated/α-hetero) is 1. The number of aliphatic hydroxyl groups excluding tert-OH is 1. The third kappa shape index (κ3) is 7.55. The highest BCUT2D eigenvalue weighted by atomic mass is 16.7. The van der Waals surface area contributed by atoms with Crippen LogP contribution >= 0.6 is 0 Å². The van der Waals surface area contributed by atoms with Crippen molar-refractivity contribution < 1.29 is 48.0 Å². The summed E-state index contributed by atoms with van der Waals surface area (Å²) in [4.78, 5) is 48.2. The van der Waals surface area contributed by atoms with Gasteiger partial charge in [0.1, 0.15) is 30.8 Å². The number of hydrogen-bond donors (Lipinski definition) is 2. The Morgan fingerprint density at radius 3 is 2.49 bits per heavy atom. The molecule has 2 bridgehead atoms. The van der Waals surface area contributed by atoms with Crippen LogP contribution in [0.15, 0.2) is 5.16 Å². The smallest absolute Gasteiger partial charge is 0.319 e. The molecule has 0 aromatic heterocycles. The lowest BCUT2D eigenvalue weighted by molar-refractivity contribution is -0.293. The van der Waals surface area contributed by atoms with Gasteiger partial charge in [-0.3, -0.25) is 14.4 Å². The monoisotopic (exact) mass is 667 g/mol. The average Bonchev–Trinajstić information content (AvgIpc) is 3.33. The zero-order valence-corrected chi connectivity index (χ0v) is 29.8. The van der Waals surface area contributed by atoms with Gasteiger partial charge in [-0.1, -0.05) is 25.9 Å². The molecule has 2 N–H and O–H groups in total. The second-order valence-electron chi connectivity index (χ2n) is 15.0. The molecule has 3 unspecified atom stereocenters. The molecule has 0 aliphatic carbocycles. The lowest BCUT2D eigenvalue weighted by atomic mass is 9.70. The SMILES string of the molecule is CC[C@H]1OC(=O)[C@@]2(C)CCO[C@](C)(C[C@@H](C)CN[C@H](C)[C@H]3CC(=O)O[C@@]31C)[C@H](O[C@@H]1OC(/C=N/OC)CC(N(C)C)C1O)[C@@H](C)C2=O. The maximum Gasteiger partial charge on any atom is 0.319 e. The molecule has 13 nitrogen and oxygen atoms in total. The molecule has 5 heterocycles. The molecule has 268 valence electrons. The van der Waals surface area contributed by atoms with E-state index >= 15 is 0 Å². The van der Waals surface area contributed by atoms with Crippen LogP contribution in [0.4, 0.5) is 0 Å². The molecule has 13 heteroatoms. The van der Waals surface area contributed by atoms with Gasteiger partial charge in [0.05, 0.1) is 24.3 Å². The van der Waals surface area contributed by atoms with Crippen molar-refractivity contribution in [1.82, 2.24) is 10.2 Å². The van der Waals surface area contributed by atoms with Gasteiger partial charge < -0.3 is 43.8 Å². The summed E-state index contributed by atoms with van der Waals surface area (Å²) >= 11 is 0. The molecule has 47 heavy (non-hydrogen) atoms. The molecule has 5 aliphatic rings. The minimum atomic E-state index is -1.56. The summed E-state index contributed by atoms with van der Waals surface area (Å²) in [6.45, 7) is 13.8. The number of ether oxygens (including phenoxy) is 5. The maximum absolute atomic E-state index is 14.6. The van der Waals surface area contributed by atoms with Gasteiger partial charge in [-0.15, -0.1) is 0 Å². The highest BCUT2D eigenvalue weighted by molar-refractivity contribution is 6.04. The van der Waals surface area contributed by atoms with Crippen molar-refractivity contribution in [3.8, 4) is 0 Å². The number of rotatable bonds is 6. The van der Waals surface area contributed by atoms with Crippen LogP contribution in [0, 0.1) is 23.2 Å². The largest absolute Gasteiger partial charge is 0.457 e. The van der Waals surface area contributed by atoms with Gasteiger partial charge in [-0.25, -0.2) is 0 Å². The van der Waals surface area contributed by atoms with Crippen molar-refractivity contribution in [2.75, 3.05) is 34.4 Å². The maximum atomic E-state index is 14.6. The molecule has 0 aromatic rings. The summed E-state index contributed by atoms with van der Waals surface area (Å²) < 4.78 is 31.6. The Morgan fingerprint density at radius 1 is 1.15 bits per heavy atom. The van der Waals surface area contributed by atoms with E-state index in [0.717, 1.165) is 0 Å². The van der Waals surface area contributed by atoms with Crippen LogP contribution < -0.4 is 5.32 Å². The van der Waals surface area contributed by atoms with Crippen LogP contribution in [0.25, 0.3) is 0 Å². The van der Waals surface area contributed by atoms with Gasteiger partial charge >= 0.3 is 11.9 Å². The Bertz CT molecular complexity index is 1170. The van der Waals surface area contributed by atoms with Crippen molar-refractivity contribution in [3.05, 3.63) is 0 Å². The number of carbonyl (C=O) groups is 3. The molecule has 5 saturated heterocycles. The van der Waals surface area contributed by atoms with E-state index in [-0.39, 0.29) is 55.1 Å². The minimum Gasteiger partial charge on any atom is -0.457 e. The molecule has 5 aliphatic heterocycles. The summed E-state index contributed by atoms with van der Waals surface area (Å²) in [6.07, 6.45) is -1.17. The summed E-state index contributed by atoms with van der Waals surface area (Å²) in [5, 5.41) is 19.0. The van der Waals surface area contributed by atoms with Gasteiger partial charge in [0.15, 0.2) is 17.7 Å². The molecule has 5 fully saturated rings. The van der Waals surface area contributed by atoms with E-state index in [2.05, 4.69) is 17.4 Å². The number of hydrogen-bond acceptors (Lipinski definition) is 13. The number of aliphatic hydroxyl groups is 1. The summed E-state index contributed by atoms with van der Waals surface area (Å²) in [5.41, 5.74) is -3.63. The Morgan fingerprint density at radius 2 is 1.85 bits per heavy atom. The molecular formula is C34H57N3O10. The number of carbonyl (C=O) groups excluding carboxylic acids is 3. The van der Waals surface area contributed by atoms with E-state index in [1.54, 1.807) is 13.8 Å². The first-order valence-corrected chi connectivity index (χ1v) is 17.1. The van der Waals surface area contributed by atoms with Gasteiger partial charge in [0, 0.05) is 30.5 Å². The molecule has 0 saturated carbocycles. The Kier molecular flexibility index (Phi) is 11.8. The summed E-state index contributed by atoms with van der Waals surface area (Å²) in [6, 6.07) is -0.469. The van der Waals surface area contributed by atoms with E-state index in [4.69, 9.17) is 28.5 Å². The number of esters is 2. The third-order valence-electron chi connectivity index (χ3n) is 11.1. The quantitative estimate of drug-likeness (QED) is 0.185. The highest BCUT2D eigenvalue weighted by Gasteiger charge is 2.58. The second kappa shape index (κ2) is 14.8. The predicted octanol–water partition coefficient (Wildman–Crippen LogP) is 2.46. The van der Waals surface area contributed by atoms with Gasteiger partial charge in [0.25, 0.3) is 0 Å². The third-order valence-corrected chi connectivity index (χ3v) is 11.1. The molecule has 0 radical (unpaired) electrons. The fraction of sp³-hybridized carbons (Fsp3) is 0.882. The van der Waals surface area contributed by atoms with Crippen LogP contribution in [0.5, 0.6) is 0 Å². The first kappa shape index (κ1) is 37.7. The fourth-order valence-electron chi connectivity index (χ4n) is 8.25. The van der Waals surface area contributed by atoms with Crippen LogP contribution in [0.2, 0.25) is 0 Å². The normalized spacial score (nSPS) is 45.6. The van der Waals surface area contributed by atoms with Crippen molar-refractivity contribution in [3.63, 3.8) is 0 Å². The average molecular weight is 668 g/mol. The van der Waals surface area contributed by atoms with E-state index in [9.17, 15) is 19.5 Å². The highest BCUT2D eigenvalue weighted by Crippen LogP contribution is 2.45. The van der Waals surface area contributed by atoms with E-state index in [1.807, 2.05) is 46.7 Å². The van der Waals surface area contributed by atoms with Gasteiger partial charge in [-0.05, 0) is 79.9 Å². The van der Waals surface area contributed by atoms with Crippen LogP contribution in [-0.2, 0) is 42.9 Å². The zero-order chi connectivity index (χ0) is 34.9. The molecule has 13 atom stereocenters. The standard InChI is InChI=1S/C34H57N3O10/c1-11-25-34(7)23(15-26(38)47-34)21(4)35-17-19(2)16-33(6)29(20(3)28(40)32(5,12-13-43-33)31(41)45-25)46-30-27(39)24(37(8)9)14-22(44-30)18-36-42-10/h18-25,27,29-30,35,39H,11-17H2,1-10H3/b36-18+/t19-,20+,21-,22?,23-,24?,25-,27?,29-,30+,32+,33-,34+/m1/s1. The van der Waals surface area contributed by atoms with E-state index in [0.29, 0.717) is 25.8 Å². The lowest BCUT2D eigenvalue weighted by Crippen LogP contribution is -2.61. The first-order valence-electron chi connectivity index (χ1n) is 17.1. The molecular weight excluding hydrogens is 610 g/mol. The molecule has 0 amide bonds. The van der Waals surface area contributed by atoms with Crippen LogP contribution in [0.3, 0.4) is 0 Å². The van der Waals surface area contributed by atoms with Gasteiger partial charge in [-0.2, -0.15) is 0 Å². The molecule has 0 aromatic carbocycles. The molecule has 5 rings (SSSR count). The Balaban J connectivity index is 1.76. The van der Waals surface area contributed by atoms with Gasteiger partial charge in [0.2, 0.25) is 0 Å². The predicted molar refractivity (Wildman–Crippen MR) is 172 cm³/mol. The van der Waals surface area contributed by atoms with E-state index < -0.39 is 59.2 Å². The number of oxime groups is 1. The summed E-state index contributed by atoms with van der Waals surface area (Å²) in [7, 11) is 5.18. The number of nitrogens with zero attached hydrogens (tertiary/aromatic N) is 2. The Hall–Kier alpha value is -2.16. The lowest BCUT2D eigenvalue weighted by Gasteiger charge is -2.49. The number of likely N-dealkylation sites (N-methyl/N-ethyl adjacent to an activating group) is 1. The summed E-state index contributed by atoms with van der Waals surface area (Å²) in [5.74, 6) is -2.41. The van der Waals surface area contributed by atoms with Crippen LogP contribution in [0.1, 0.15) is 80.6 Å². The van der Waals surface area contributed by atoms with Crippen LogP contribution in [-0.4, -0.2) is 122 Å².